The van der Waals surface area contributed by atoms with Crippen LogP contribution in [0, 0.1) is 0 Å². The van der Waals surface area contributed by atoms with Gasteiger partial charge in [-0.1, -0.05) is 31.3 Å². The van der Waals surface area contributed by atoms with Crippen LogP contribution in [0.2, 0.25) is 13.1 Å². The number of aromatic hydroxyl groups is 1. The molecule has 5 rings (SSSR count). The van der Waals surface area contributed by atoms with Gasteiger partial charge < -0.3 is 26.2 Å². The van der Waals surface area contributed by atoms with Crippen molar-refractivity contribution in [3.63, 3.8) is 0 Å². The second-order valence-corrected chi connectivity index (χ2v) is 16.5. The van der Waals surface area contributed by atoms with Gasteiger partial charge in [0.1, 0.15) is 25.7 Å². The minimum absolute atomic E-state index is 0.0940. The first-order chi connectivity index (χ1) is 21.5. The number of phenols is 1. The highest BCUT2D eigenvalue weighted by molar-refractivity contribution is 7.16. The van der Waals surface area contributed by atoms with Crippen LogP contribution in [-0.2, 0) is 4.79 Å². The van der Waals surface area contributed by atoms with Gasteiger partial charge in [-0.25, -0.2) is 9.79 Å². The zero-order chi connectivity index (χ0) is 32.3. The molecule has 45 heavy (non-hydrogen) atoms. The summed E-state index contributed by atoms with van der Waals surface area (Å²) < 4.78 is 0. The lowest BCUT2D eigenvalue weighted by Crippen LogP contribution is -2.67. The Morgan fingerprint density at radius 1 is 0.978 bits per heavy atom. The van der Waals surface area contributed by atoms with Crippen LogP contribution >= 0.6 is 11.3 Å². The van der Waals surface area contributed by atoms with Crippen LogP contribution in [0.15, 0.2) is 83.6 Å². The third kappa shape index (κ3) is 6.45. The van der Waals surface area contributed by atoms with E-state index in [0.717, 1.165) is 45.0 Å². The molecule has 0 bridgehead atoms. The summed E-state index contributed by atoms with van der Waals surface area (Å²) in [4.78, 5) is 41.5. The first kappa shape index (κ1) is 31.4. The van der Waals surface area contributed by atoms with E-state index in [9.17, 15) is 24.6 Å². The molecule has 0 saturated carbocycles. The maximum Gasteiger partial charge on any atom is 0.346 e. The lowest BCUT2D eigenvalue weighted by molar-refractivity contribution is -0.417. The number of rotatable bonds is 9. The van der Waals surface area contributed by atoms with E-state index in [-0.39, 0.29) is 34.5 Å². The fraction of sp³-hybridized carbons (Fsp3) is 0.176. The number of allylic oxidation sites excluding steroid dienone is 5. The molecule has 0 unspecified atom stereocenters. The highest BCUT2D eigenvalue weighted by Gasteiger charge is 2.41. The summed E-state index contributed by atoms with van der Waals surface area (Å²) in [5, 5.41) is 30.8. The topological polar surface area (TPSA) is 142 Å². The van der Waals surface area contributed by atoms with E-state index in [0.29, 0.717) is 5.56 Å². The number of aromatic carboxylic acids is 1. The summed E-state index contributed by atoms with van der Waals surface area (Å²) in [5.41, 5.74) is 5.99. The number of hydrogen-bond donors (Lipinski definition) is 6. The first-order valence-corrected chi connectivity index (χ1v) is 18.3. The number of fused-ring (bicyclic) bond motifs is 2. The summed E-state index contributed by atoms with van der Waals surface area (Å²) in [7, 11) is 1.56. The molecule has 2 aliphatic rings. The number of benzene rings is 2. The first-order valence-electron chi connectivity index (χ1n) is 14.5. The summed E-state index contributed by atoms with van der Waals surface area (Å²) in [6.45, 7) is 4.95. The second kappa shape index (κ2) is 12.9. The Hall–Kier alpha value is -5.00. The maximum atomic E-state index is 13.2. The zero-order valence-electron chi connectivity index (χ0n) is 25.4. The summed E-state index contributed by atoms with van der Waals surface area (Å²) in [6, 6.07) is 14.3. The molecule has 3 aromatic rings. The van der Waals surface area contributed by atoms with Crippen LogP contribution in [-0.4, -0.2) is 69.0 Å². The number of carboxylic acids is 1. The van der Waals surface area contributed by atoms with E-state index in [1.54, 1.807) is 24.3 Å². The number of carbonyl (C=O) groups is 3. The number of carbonyl (C=O) groups excluding carboxylic acids is 2. The van der Waals surface area contributed by atoms with Crippen molar-refractivity contribution in [1.82, 2.24) is 10.6 Å². The molecule has 0 spiro atoms. The predicted octanol–water partition coefficient (Wildman–Crippen LogP) is 2.67. The van der Waals surface area contributed by atoms with Crippen molar-refractivity contribution >= 4 is 65.4 Å². The van der Waals surface area contributed by atoms with Crippen LogP contribution in [0.4, 0.5) is 5.69 Å². The maximum absolute atomic E-state index is 13.2. The number of amides is 2. The predicted molar refractivity (Wildman–Crippen MR) is 182 cm³/mol. The molecule has 230 valence electrons. The Morgan fingerprint density at radius 3 is 2.40 bits per heavy atom. The molecular formula is C34H35N4O5SSi+. The van der Waals surface area contributed by atoms with Crippen LogP contribution < -0.4 is 26.1 Å². The van der Waals surface area contributed by atoms with Gasteiger partial charge in [-0.05, 0) is 75.1 Å². The van der Waals surface area contributed by atoms with Gasteiger partial charge in [-0.2, -0.15) is 0 Å². The monoisotopic (exact) mass is 639 g/mol. The number of anilines is 1. The van der Waals surface area contributed by atoms with Gasteiger partial charge >= 0.3 is 5.97 Å². The minimum atomic E-state index is -2.19. The van der Waals surface area contributed by atoms with Crippen molar-refractivity contribution in [3.05, 3.63) is 110 Å². The third-order valence-electron chi connectivity index (χ3n) is 7.95. The number of hydrogen-bond acceptors (Lipinski definition) is 6. The van der Waals surface area contributed by atoms with Gasteiger partial charge in [0.15, 0.2) is 5.71 Å². The van der Waals surface area contributed by atoms with Crippen LogP contribution in [0.5, 0.6) is 5.75 Å². The molecule has 0 saturated heterocycles. The van der Waals surface area contributed by atoms with E-state index in [4.69, 9.17) is 0 Å². The Kier molecular flexibility index (Phi) is 9.03. The number of thiophene rings is 1. The molecule has 6 N–H and O–H groups in total. The van der Waals surface area contributed by atoms with Crippen molar-refractivity contribution in [3.8, 4) is 5.75 Å². The molecule has 1 aliphatic heterocycles. The molecule has 9 nitrogen and oxygen atoms in total. The molecule has 0 radical (unpaired) electrons. The normalized spacial score (nSPS) is 15.8. The molecule has 2 heterocycles. The quantitative estimate of drug-likeness (QED) is 0.121. The van der Waals surface area contributed by atoms with E-state index in [2.05, 4.69) is 46.2 Å². The van der Waals surface area contributed by atoms with Crippen LogP contribution in [0.1, 0.15) is 36.0 Å². The standard InChI is InChI=1S/C34H34N4O5SSi/c1-35-21-8-12-24-28(17-21)45(3,4)29-18-22(36-2)9-13-25(29)31(24)26-19-27(44-32(26)34(42)43)33(41)38-16-15-37-30(40)14-7-20-5-10-23(39)11-6-20/h5-14,17-19,35,39H,15-16H2,1-4H3,(H,37,40)(H,38,41)(H,42,43)/p+1/b14-7+,36-22?. The number of phenolic OH excluding ortho intramolecular Hbond substituents is 1. The SMILES string of the molecule is CNc1ccc2c(c1)[Si](C)(C)C1=CC(=[NH+]C)C=CC1=C2c1cc(C(=O)NCCNC(=O)/C=C/c2ccc(O)cc2)sc1C(=O)O. The van der Waals surface area contributed by atoms with Crippen LogP contribution in [0.3, 0.4) is 0 Å². The van der Waals surface area contributed by atoms with Crippen molar-refractivity contribution in [2.45, 2.75) is 13.1 Å². The Labute approximate surface area is 266 Å². The van der Waals surface area contributed by atoms with Gasteiger partial charge in [0.25, 0.3) is 5.91 Å². The van der Waals surface area contributed by atoms with Crippen molar-refractivity contribution in [1.29, 1.82) is 0 Å². The molecule has 1 aromatic heterocycles. The van der Waals surface area contributed by atoms with E-state index in [1.807, 2.05) is 38.4 Å². The Morgan fingerprint density at radius 2 is 1.71 bits per heavy atom. The van der Waals surface area contributed by atoms with Gasteiger partial charge in [-0.15, -0.1) is 11.3 Å². The lowest BCUT2D eigenvalue weighted by atomic mass is 9.89. The lowest BCUT2D eigenvalue weighted by Gasteiger charge is -2.37. The number of nitrogens with one attached hydrogen (secondary N) is 4. The largest absolute Gasteiger partial charge is 0.508 e. The Bertz CT molecular complexity index is 1850. The van der Waals surface area contributed by atoms with E-state index >= 15 is 0 Å². The van der Waals surface area contributed by atoms with Crippen molar-refractivity contribution in [2.75, 3.05) is 32.5 Å². The molecular weight excluding hydrogens is 605 g/mol. The third-order valence-corrected chi connectivity index (χ3v) is 12.6. The van der Waals surface area contributed by atoms with Crippen molar-refractivity contribution in [2.24, 2.45) is 0 Å². The zero-order valence-corrected chi connectivity index (χ0v) is 27.3. The van der Waals surface area contributed by atoms with Crippen LogP contribution in [0.25, 0.3) is 11.6 Å². The molecule has 0 fully saturated rings. The van der Waals surface area contributed by atoms with Gasteiger partial charge in [0.05, 0.1) is 4.88 Å². The summed E-state index contributed by atoms with van der Waals surface area (Å²) in [6.07, 6.45) is 9.19. The fourth-order valence-corrected chi connectivity index (χ4v) is 9.57. The molecule has 11 heteroatoms. The van der Waals surface area contributed by atoms with E-state index < -0.39 is 20.0 Å². The highest BCUT2D eigenvalue weighted by atomic mass is 32.1. The Balaban J connectivity index is 1.40. The molecule has 0 atom stereocenters. The average Bonchev–Trinajstić information content (AvgIpc) is 3.48. The molecule has 2 amide bonds. The summed E-state index contributed by atoms with van der Waals surface area (Å²) >= 11 is 0.943. The number of carboxylic acid groups (broad SMARTS) is 1. The smallest absolute Gasteiger partial charge is 0.346 e. The fourth-order valence-electron chi connectivity index (χ4n) is 5.56. The van der Waals surface area contributed by atoms with E-state index in [1.165, 1.54) is 28.6 Å². The molecule has 2 aromatic carbocycles. The van der Waals surface area contributed by atoms with Gasteiger partial charge in [0.2, 0.25) is 5.91 Å². The van der Waals surface area contributed by atoms with Crippen molar-refractivity contribution < 1.29 is 29.6 Å². The van der Waals surface area contributed by atoms with Gasteiger partial charge in [0, 0.05) is 49.6 Å². The highest BCUT2D eigenvalue weighted by Crippen LogP contribution is 2.44. The second-order valence-electron chi connectivity index (χ2n) is 11.2. The average molecular weight is 640 g/mol. The van der Waals surface area contributed by atoms with Gasteiger partial charge in [-0.3, -0.25) is 9.59 Å². The summed E-state index contributed by atoms with van der Waals surface area (Å²) in [5.74, 6) is -1.70. The minimum Gasteiger partial charge on any atom is -0.508 e. The molecule has 1 aliphatic carbocycles.